The molecule has 0 aliphatic rings. The molecule has 0 saturated carbocycles. The van der Waals surface area contributed by atoms with Crippen molar-refractivity contribution in [3.63, 3.8) is 0 Å². The minimum absolute atomic E-state index is 0.321. The Morgan fingerprint density at radius 2 is 2.00 bits per heavy atom. The van der Waals surface area contributed by atoms with Crippen LogP contribution in [0.1, 0.15) is 12.5 Å². The highest BCUT2D eigenvalue weighted by Gasteiger charge is 1.97. The first-order chi connectivity index (χ1) is 6.34. The molecule has 1 aromatic carbocycles. The van der Waals surface area contributed by atoms with E-state index >= 15 is 0 Å². The van der Waals surface area contributed by atoms with Gasteiger partial charge < -0.3 is 9.47 Å². The molecule has 3 heteroatoms. The van der Waals surface area contributed by atoms with Crippen LogP contribution in [0.25, 0.3) is 0 Å². The van der Waals surface area contributed by atoms with E-state index in [1.807, 2.05) is 31.2 Å². The average molecular weight is 201 g/mol. The van der Waals surface area contributed by atoms with E-state index < -0.39 is 0 Å². The minimum atomic E-state index is 0.321. The number of hydrogen-bond acceptors (Lipinski definition) is 2. The molecule has 0 unspecified atom stereocenters. The Kier molecular flexibility index (Phi) is 4.83. The Morgan fingerprint density at radius 1 is 1.23 bits per heavy atom. The van der Waals surface area contributed by atoms with Crippen LogP contribution in [0.3, 0.4) is 0 Å². The van der Waals surface area contributed by atoms with E-state index in [0.29, 0.717) is 20.0 Å². The van der Waals surface area contributed by atoms with Crippen molar-refractivity contribution >= 4 is 11.6 Å². The fourth-order valence-electron chi connectivity index (χ4n) is 0.909. The van der Waals surface area contributed by atoms with Crippen molar-refractivity contribution in [3.05, 3.63) is 34.9 Å². The van der Waals surface area contributed by atoms with Crippen molar-refractivity contribution in [2.45, 2.75) is 13.5 Å². The molecule has 0 spiro atoms. The van der Waals surface area contributed by atoms with Crippen LogP contribution in [0.4, 0.5) is 0 Å². The minimum Gasteiger partial charge on any atom is -0.356 e. The molecule has 0 saturated heterocycles. The summed E-state index contributed by atoms with van der Waals surface area (Å²) in [5.41, 5.74) is 0.990. The highest BCUT2D eigenvalue weighted by atomic mass is 35.5. The molecule has 0 amide bonds. The van der Waals surface area contributed by atoms with Crippen molar-refractivity contribution in [2.75, 3.05) is 13.4 Å². The van der Waals surface area contributed by atoms with Gasteiger partial charge in [0.1, 0.15) is 6.79 Å². The van der Waals surface area contributed by atoms with Gasteiger partial charge in [-0.05, 0) is 18.6 Å². The molecule has 0 atom stereocenters. The van der Waals surface area contributed by atoms with Gasteiger partial charge in [0, 0.05) is 11.6 Å². The van der Waals surface area contributed by atoms with E-state index in [4.69, 9.17) is 21.1 Å². The zero-order valence-corrected chi connectivity index (χ0v) is 8.38. The Balaban J connectivity index is 2.32. The molecule has 0 radical (unpaired) electrons. The predicted octanol–water partition coefficient (Wildman–Crippen LogP) is 2.85. The van der Waals surface area contributed by atoms with Gasteiger partial charge in [0.2, 0.25) is 0 Å². The topological polar surface area (TPSA) is 18.5 Å². The lowest BCUT2D eigenvalue weighted by Gasteiger charge is -2.05. The highest BCUT2D eigenvalue weighted by Crippen LogP contribution is 2.15. The largest absolute Gasteiger partial charge is 0.356 e. The maximum Gasteiger partial charge on any atom is 0.147 e. The number of benzene rings is 1. The van der Waals surface area contributed by atoms with Gasteiger partial charge in [-0.15, -0.1) is 0 Å². The maximum absolute atomic E-state index is 5.92. The molecule has 1 rings (SSSR count). The molecule has 0 fully saturated rings. The molecule has 1 aromatic rings. The predicted molar refractivity (Wildman–Crippen MR) is 52.7 cm³/mol. The van der Waals surface area contributed by atoms with Crippen LogP contribution in [0.15, 0.2) is 24.3 Å². The van der Waals surface area contributed by atoms with Gasteiger partial charge in [-0.25, -0.2) is 0 Å². The van der Waals surface area contributed by atoms with Gasteiger partial charge in [0.05, 0.1) is 6.61 Å². The van der Waals surface area contributed by atoms with Crippen LogP contribution < -0.4 is 0 Å². The first kappa shape index (κ1) is 10.5. The average Bonchev–Trinajstić information content (AvgIpc) is 2.15. The van der Waals surface area contributed by atoms with E-state index in [9.17, 15) is 0 Å². The number of ether oxygens (including phenoxy) is 2. The lowest BCUT2D eigenvalue weighted by molar-refractivity contribution is -0.0571. The van der Waals surface area contributed by atoms with E-state index in [1.54, 1.807) is 0 Å². The maximum atomic E-state index is 5.92. The Bertz CT molecular complexity index is 250. The molecule has 13 heavy (non-hydrogen) atoms. The third kappa shape index (κ3) is 3.77. The third-order valence-corrected chi connectivity index (χ3v) is 1.95. The number of halogens is 1. The van der Waals surface area contributed by atoms with Crippen LogP contribution in [0.5, 0.6) is 0 Å². The Hall–Kier alpha value is -0.570. The summed E-state index contributed by atoms with van der Waals surface area (Å²) in [7, 11) is 0. The quantitative estimate of drug-likeness (QED) is 0.538. The van der Waals surface area contributed by atoms with E-state index in [0.717, 1.165) is 10.6 Å². The smallest absolute Gasteiger partial charge is 0.147 e. The highest BCUT2D eigenvalue weighted by molar-refractivity contribution is 6.31. The summed E-state index contributed by atoms with van der Waals surface area (Å²) in [5.74, 6) is 0. The molecule has 0 bridgehead atoms. The second-order valence-electron chi connectivity index (χ2n) is 2.55. The van der Waals surface area contributed by atoms with Crippen molar-refractivity contribution in [2.24, 2.45) is 0 Å². The van der Waals surface area contributed by atoms with Crippen molar-refractivity contribution in [1.29, 1.82) is 0 Å². The Morgan fingerprint density at radius 3 is 2.69 bits per heavy atom. The molecule has 0 N–H and O–H groups in total. The first-order valence-corrected chi connectivity index (χ1v) is 4.61. The summed E-state index contributed by atoms with van der Waals surface area (Å²) in [6.07, 6.45) is 0. The standard InChI is InChI=1S/C10H13ClO2/c1-2-12-8-13-7-9-5-3-4-6-10(9)11/h3-6H,2,7-8H2,1H3. The van der Waals surface area contributed by atoms with Gasteiger partial charge in [-0.1, -0.05) is 29.8 Å². The zero-order chi connectivity index (χ0) is 9.52. The summed E-state index contributed by atoms with van der Waals surface area (Å²) in [6.45, 7) is 3.42. The molecule has 0 aliphatic heterocycles. The van der Waals surface area contributed by atoms with E-state index in [2.05, 4.69) is 0 Å². The molecular weight excluding hydrogens is 188 g/mol. The molecule has 2 nitrogen and oxygen atoms in total. The van der Waals surface area contributed by atoms with Gasteiger partial charge in [-0.2, -0.15) is 0 Å². The molecule has 0 aliphatic carbocycles. The summed E-state index contributed by atoms with van der Waals surface area (Å²) in [6, 6.07) is 7.62. The van der Waals surface area contributed by atoms with Crippen LogP contribution in [-0.2, 0) is 16.1 Å². The second-order valence-corrected chi connectivity index (χ2v) is 2.96. The van der Waals surface area contributed by atoms with Crippen LogP contribution in [0.2, 0.25) is 5.02 Å². The lowest BCUT2D eigenvalue weighted by Crippen LogP contribution is -1.99. The van der Waals surface area contributed by atoms with Crippen molar-refractivity contribution in [1.82, 2.24) is 0 Å². The number of hydrogen-bond donors (Lipinski definition) is 0. The number of rotatable bonds is 5. The second kappa shape index (κ2) is 5.97. The zero-order valence-electron chi connectivity index (χ0n) is 7.63. The SMILES string of the molecule is CCOCOCc1ccccc1Cl. The monoisotopic (exact) mass is 200 g/mol. The first-order valence-electron chi connectivity index (χ1n) is 4.23. The van der Waals surface area contributed by atoms with Gasteiger partial charge in [0.25, 0.3) is 0 Å². The van der Waals surface area contributed by atoms with E-state index in [-0.39, 0.29) is 0 Å². The summed E-state index contributed by atoms with van der Waals surface area (Å²) < 4.78 is 10.3. The van der Waals surface area contributed by atoms with E-state index in [1.165, 1.54) is 0 Å². The van der Waals surface area contributed by atoms with Gasteiger partial charge >= 0.3 is 0 Å². The third-order valence-electron chi connectivity index (χ3n) is 1.59. The van der Waals surface area contributed by atoms with Crippen LogP contribution in [0, 0.1) is 0 Å². The molecule has 0 heterocycles. The Labute approximate surface area is 83.4 Å². The molecule has 72 valence electrons. The van der Waals surface area contributed by atoms with Crippen LogP contribution in [-0.4, -0.2) is 13.4 Å². The molecular formula is C10H13ClO2. The summed E-state index contributed by atoms with van der Waals surface area (Å²) >= 11 is 5.92. The summed E-state index contributed by atoms with van der Waals surface area (Å²) in [4.78, 5) is 0. The summed E-state index contributed by atoms with van der Waals surface area (Å²) in [5, 5.41) is 0.735. The van der Waals surface area contributed by atoms with Gasteiger partial charge in [-0.3, -0.25) is 0 Å². The lowest BCUT2D eigenvalue weighted by atomic mass is 10.2. The van der Waals surface area contributed by atoms with Crippen molar-refractivity contribution < 1.29 is 9.47 Å². The molecule has 0 aromatic heterocycles. The fraction of sp³-hybridized carbons (Fsp3) is 0.400. The van der Waals surface area contributed by atoms with Crippen LogP contribution >= 0.6 is 11.6 Å². The normalized spacial score (nSPS) is 10.3. The van der Waals surface area contributed by atoms with Gasteiger partial charge in [0.15, 0.2) is 0 Å². The fourth-order valence-corrected chi connectivity index (χ4v) is 1.10. The van der Waals surface area contributed by atoms with Crippen molar-refractivity contribution in [3.8, 4) is 0 Å².